The van der Waals surface area contributed by atoms with E-state index in [1.165, 1.54) is 6.07 Å². The second kappa shape index (κ2) is 9.54. The largest absolute Gasteiger partial charge is 0.772 e. The van der Waals surface area contributed by atoms with Gasteiger partial charge in [0.15, 0.2) is 0 Å². The Morgan fingerprint density at radius 3 is 2.47 bits per heavy atom. The van der Waals surface area contributed by atoms with Crippen molar-refractivity contribution in [2.45, 2.75) is 25.7 Å². The van der Waals surface area contributed by atoms with Crippen molar-refractivity contribution in [3.8, 4) is 16.9 Å². The Bertz CT molecular complexity index is 1280. The highest BCUT2D eigenvalue weighted by molar-refractivity contribution is 7.78. The zero-order valence-corrected chi connectivity index (χ0v) is 18.1. The Kier molecular flexibility index (Phi) is 6.58. The SMILES string of the molecule is Cc1ncc2ccc(-c3ccc(CS(=O)[O-])cc3)cc2c1Cc1ccccc1OC(F)F. The normalized spacial score (nSPS) is 12.3. The molecule has 0 radical (unpaired) electrons. The molecule has 1 atom stereocenters. The first-order chi connectivity index (χ1) is 15.4. The monoisotopic (exact) mass is 452 g/mol. The minimum Gasteiger partial charge on any atom is -0.772 e. The fourth-order valence-corrected chi connectivity index (χ4v) is 4.22. The highest BCUT2D eigenvalue weighted by Gasteiger charge is 2.14. The lowest BCUT2D eigenvalue weighted by Gasteiger charge is -2.14. The Morgan fingerprint density at radius 1 is 1.03 bits per heavy atom. The molecule has 0 bridgehead atoms. The first-order valence-corrected chi connectivity index (χ1v) is 11.2. The molecular weight excluding hydrogens is 432 g/mol. The van der Waals surface area contributed by atoms with Crippen LogP contribution in [0.2, 0.25) is 0 Å². The summed E-state index contributed by atoms with van der Waals surface area (Å²) in [5, 5.41) is 1.92. The van der Waals surface area contributed by atoms with E-state index >= 15 is 0 Å². The molecule has 4 rings (SSSR count). The van der Waals surface area contributed by atoms with Gasteiger partial charge in [0.2, 0.25) is 0 Å². The topological polar surface area (TPSA) is 62.2 Å². The molecule has 0 spiro atoms. The van der Waals surface area contributed by atoms with Gasteiger partial charge in [0.1, 0.15) is 5.75 Å². The number of para-hydroxylation sites is 1. The van der Waals surface area contributed by atoms with Crippen molar-refractivity contribution >= 4 is 21.9 Å². The fraction of sp³-hybridized carbons (Fsp3) is 0.160. The molecule has 0 N–H and O–H groups in total. The average molecular weight is 453 g/mol. The van der Waals surface area contributed by atoms with Gasteiger partial charge in [-0.25, -0.2) is 0 Å². The summed E-state index contributed by atoms with van der Waals surface area (Å²) >= 11 is -2.13. The van der Waals surface area contributed by atoms with Crippen LogP contribution in [-0.4, -0.2) is 20.4 Å². The number of nitrogens with zero attached hydrogens (tertiary/aromatic N) is 1. The number of aromatic nitrogens is 1. The molecule has 4 nitrogen and oxygen atoms in total. The quantitative estimate of drug-likeness (QED) is 0.334. The van der Waals surface area contributed by atoms with Gasteiger partial charge in [-0.2, -0.15) is 8.78 Å². The number of hydrogen-bond donors (Lipinski definition) is 0. The Labute approximate surface area is 187 Å². The van der Waals surface area contributed by atoms with E-state index in [0.29, 0.717) is 12.0 Å². The molecule has 164 valence electrons. The number of pyridine rings is 1. The van der Waals surface area contributed by atoms with Gasteiger partial charge in [0.25, 0.3) is 0 Å². The number of rotatable bonds is 7. The zero-order valence-electron chi connectivity index (χ0n) is 17.3. The summed E-state index contributed by atoms with van der Waals surface area (Å²) in [6, 6.07) is 20.2. The third-order valence-electron chi connectivity index (χ3n) is 5.34. The molecular formula is C25H20F2NO3S-. The Balaban J connectivity index is 1.74. The van der Waals surface area contributed by atoms with Crippen LogP contribution in [0.3, 0.4) is 0 Å². The van der Waals surface area contributed by atoms with Gasteiger partial charge in [-0.05, 0) is 52.3 Å². The van der Waals surface area contributed by atoms with E-state index < -0.39 is 17.7 Å². The molecule has 0 aliphatic carbocycles. The lowest BCUT2D eigenvalue weighted by molar-refractivity contribution is -0.0503. The van der Waals surface area contributed by atoms with E-state index in [2.05, 4.69) is 11.1 Å². The third-order valence-corrected chi connectivity index (χ3v) is 5.91. The number of halogens is 2. The number of fused-ring (bicyclic) bond motifs is 1. The van der Waals surface area contributed by atoms with Crippen molar-refractivity contribution in [1.82, 2.24) is 4.98 Å². The molecule has 4 aromatic rings. The van der Waals surface area contributed by atoms with Gasteiger partial charge < -0.3 is 9.29 Å². The van der Waals surface area contributed by atoms with Crippen molar-refractivity contribution < 1.29 is 22.3 Å². The summed E-state index contributed by atoms with van der Waals surface area (Å²) in [4.78, 5) is 4.49. The molecule has 32 heavy (non-hydrogen) atoms. The molecule has 0 saturated carbocycles. The molecule has 3 aromatic carbocycles. The highest BCUT2D eigenvalue weighted by Crippen LogP contribution is 2.31. The van der Waals surface area contributed by atoms with Gasteiger partial charge in [-0.15, -0.1) is 0 Å². The van der Waals surface area contributed by atoms with Crippen LogP contribution in [0.1, 0.15) is 22.4 Å². The Hall–Kier alpha value is -3.16. The van der Waals surface area contributed by atoms with Gasteiger partial charge in [-0.1, -0.05) is 65.7 Å². The van der Waals surface area contributed by atoms with Crippen LogP contribution in [0.15, 0.2) is 72.9 Å². The van der Waals surface area contributed by atoms with E-state index in [1.54, 1.807) is 36.5 Å². The molecule has 0 saturated heterocycles. The van der Waals surface area contributed by atoms with E-state index in [1.807, 2.05) is 31.2 Å². The lowest BCUT2D eigenvalue weighted by Crippen LogP contribution is -2.05. The van der Waals surface area contributed by atoms with Gasteiger partial charge in [-0.3, -0.25) is 9.19 Å². The Morgan fingerprint density at radius 2 is 1.75 bits per heavy atom. The predicted octanol–water partition coefficient (Wildman–Crippen LogP) is 5.78. The lowest BCUT2D eigenvalue weighted by atomic mass is 9.94. The maximum Gasteiger partial charge on any atom is 0.387 e. The summed E-state index contributed by atoms with van der Waals surface area (Å²) in [7, 11) is 0. The van der Waals surface area contributed by atoms with Crippen LogP contribution in [-0.2, 0) is 23.3 Å². The highest BCUT2D eigenvalue weighted by atomic mass is 32.2. The minimum atomic E-state index is -2.89. The van der Waals surface area contributed by atoms with Crippen LogP contribution >= 0.6 is 0 Å². The summed E-state index contributed by atoms with van der Waals surface area (Å²) in [6.07, 6.45) is 2.20. The number of alkyl halides is 2. The predicted molar refractivity (Wildman–Crippen MR) is 120 cm³/mol. The number of benzene rings is 3. The van der Waals surface area contributed by atoms with Crippen molar-refractivity contribution in [1.29, 1.82) is 0 Å². The smallest absolute Gasteiger partial charge is 0.387 e. The van der Waals surface area contributed by atoms with Gasteiger partial charge in [0.05, 0.1) is 0 Å². The molecule has 0 fully saturated rings. The molecule has 7 heteroatoms. The summed E-state index contributed by atoms with van der Waals surface area (Å²) in [5.41, 5.74) is 5.05. The average Bonchev–Trinajstić information content (AvgIpc) is 2.76. The maximum absolute atomic E-state index is 12.8. The van der Waals surface area contributed by atoms with Crippen LogP contribution in [0, 0.1) is 6.92 Å². The molecule has 1 heterocycles. The van der Waals surface area contributed by atoms with E-state index in [4.69, 9.17) is 4.74 Å². The van der Waals surface area contributed by atoms with Gasteiger partial charge >= 0.3 is 6.61 Å². The van der Waals surface area contributed by atoms with E-state index in [-0.39, 0.29) is 11.5 Å². The van der Waals surface area contributed by atoms with Crippen molar-refractivity contribution in [3.63, 3.8) is 0 Å². The second-order valence-electron chi connectivity index (χ2n) is 7.43. The van der Waals surface area contributed by atoms with E-state index in [0.717, 1.165) is 38.7 Å². The van der Waals surface area contributed by atoms with Crippen molar-refractivity contribution in [3.05, 3.63) is 95.3 Å². The van der Waals surface area contributed by atoms with Crippen molar-refractivity contribution in [2.75, 3.05) is 0 Å². The summed E-state index contributed by atoms with van der Waals surface area (Å²) in [6.45, 7) is -0.993. The zero-order chi connectivity index (χ0) is 22.7. The van der Waals surface area contributed by atoms with Crippen LogP contribution < -0.4 is 4.74 Å². The van der Waals surface area contributed by atoms with Crippen LogP contribution in [0.25, 0.3) is 21.9 Å². The van der Waals surface area contributed by atoms with Gasteiger partial charge in [0, 0.05) is 29.5 Å². The number of hydrogen-bond acceptors (Lipinski definition) is 4. The first kappa shape index (κ1) is 22.0. The molecule has 0 amide bonds. The number of aryl methyl sites for hydroxylation is 1. The third kappa shape index (κ3) is 5.00. The molecule has 0 aliphatic heterocycles. The summed E-state index contributed by atoms with van der Waals surface area (Å²) < 4.78 is 52.2. The fourth-order valence-electron chi connectivity index (χ4n) is 3.75. The molecule has 1 unspecified atom stereocenters. The van der Waals surface area contributed by atoms with Crippen LogP contribution in [0.5, 0.6) is 5.75 Å². The van der Waals surface area contributed by atoms with E-state index in [9.17, 15) is 17.5 Å². The molecule has 1 aromatic heterocycles. The first-order valence-electron chi connectivity index (χ1n) is 9.97. The second-order valence-corrected chi connectivity index (χ2v) is 8.33. The minimum absolute atomic E-state index is 0.0207. The summed E-state index contributed by atoms with van der Waals surface area (Å²) in [5.74, 6) is 0.133. The number of ether oxygens (including phenoxy) is 1. The van der Waals surface area contributed by atoms with Crippen molar-refractivity contribution in [2.24, 2.45) is 0 Å². The standard InChI is InChI=1S/C25H21F2NO3S/c1-16-22(13-20-4-2-3-5-24(20)31-25(26)27)23-12-19(10-11-21(23)14-28-16)18-8-6-17(7-9-18)15-32(29)30/h2-12,14,25H,13,15H2,1H3,(H,29,30)/p-1. The van der Waals surface area contributed by atoms with Crippen LogP contribution in [0.4, 0.5) is 8.78 Å². The maximum atomic E-state index is 12.8. The molecule has 0 aliphatic rings.